The van der Waals surface area contributed by atoms with Crippen LogP contribution >= 0.6 is 0 Å². The van der Waals surface area contributed by atoms with Crippen molar-refractivity contribution < 1.29 is 19.1 Å². The van der Waals surface area contributed by atoms with Crippen molar-refractivity contribution in [1.82, 2.24) is 5.32 Å². The molecule has 0 aromatic heterocycles. The molecule has 2 aliphatic heterocycles. The summed E-state index contributed by atoms with van der Waals surface area (Å²) in [5.41, 5.74) is 1.86. The number of nitrogens with zero attached hydrogens (tertiary/aromatic N) is 1. The number of benzene rings is 1. The fourth-order valence-corrected chi connectivity index (χ4v) is 3.53. The molecule has 7 nitrogen and oxygen atoms in total. The SMILES string of the molecule is CCC(CC)NC(=O)COC(=O)c1ccc2c(c1)NC(=O)[C@@H]1CCCN21. The number of carbonyl (C=O) groups is 3. The van der Waals surface area contributed by atoms with Crippen molar-refractivity contribution in [3.8, 4) is 0 Å². The number of fused-ring (bicyclic) bond motifs is 3. The molecule has 1 aromatic carbocycles. The maximum Gasteiger partial charge on any atom is 0.338 e. The number of carbonyl (C=O) groups excluding carboxylic acids is 3. The molecular formula is C19H25N3O4. The summed E-state index contributed by atoms with van der Waals surface area (Å²) in [6.07, 6.45) is 3.49. The highest BCUT2D eigenvalue weighted by molar-refractivity contribution is 6.05. The van der Waals surface area contributed by atoms with E-state index in [9.17, 15) is 14.4 Å². The van der Waals surface area contributed by atoms with Gasteiger partial charge in [-0.3, -0.25) is 9.59 Å². The Labute approximate surface area is 153 Å². The Morgan fingerprint density at radius 1 is 1.35 bits per heavy atom. The van der Waals surface area contributed by atoms with Crippen LogP contribution in [0.1, 0.15) is 49.9 Å². The average molecular weight is 359 g/mol. The average Bonchev–Trinajstić information content (AvgIpc) is 3.14. The van der Waals surface area contributed by atoms with E-state index in [1.54, 1.807) is 12.1 Å². The summed E-state index contributed by atoms with van der Waals surface area (Å²) < 4.78 is 5.11. The molecule has 0 spiro atoms. The zero-order valence-corrected chi connectivity index (χ0v) is 15.2. The van der Waals surface area contributed by atoms with Crippen LogP contribution in [0, 0.1) is 0 Å². The van der Waals surface area contributed by atoms with E-state index in [1.807, 2.05) is 19.9 Å². The van der Waals surface area contributed by atoms with Crippen LogP contribution in [0.15, 0.2) is 18.2 Å². The number of amides is 2. The second-order valence-electron chi connectivity index (χ2n) is 6.73. The van der Waals surface area contributed by atoms with Crippen molar-refractivity contribution in [1.29, 1.82) is 0 Å². The lowest BCUT2D eigenvalue weighted by Gasteiger charge is -2.33. The number of hydrogen-bond donors (Lipinski definition) is 2. The third-order valence-electron chi connectivity index (χ3n) is 5.04. The van der Waals surface area contributed by atoms with E-state index < -0.39 is 5.97 Å². The molecule has 26 heavy (non-hydrogen) atoms. The molecule has 2 amide bonds. The van der Waals surface area contributed by atoms with Gasteiger partial charge in [-0.1, -0.05) is 13.8 Å². The number of rotatable bonds is 6. The Morgan fingerprint density at radius 2 is 2.12 bits per heavy atom. The molecule has 2 N–H and O–H groups in total. The summed E-state index contributed by atoms with van der Waals surface area (Å²) in [7, 11) is 0. The lowest BCUT2D eigenvalue weighted by Crippen LogP contribution is -2.43. The molecule has 1 fully saturated rings. The highest BCUT2D eigenvalue weighted by Gasteiger charge is 2.36. The van der Waals surface area contributed by atoms with Crippen LogP contribution in [-0.4, -0.2) is 43.0 Å². The van der Waals surface area contributed by atoms with Gasteiger partial charge >= 0.3 is 5.97 Å². The first-order chi connectivity index (χ1) is 12.5. The summed E-state index contributed by atoms with van der Waals surface area (Å²) in [5.74, 6) is -0.923. The number of anilines is 2. The van der Waals surface area contributed by atoms with Crippen molar-refractivity contribution >= 4 is 29.2 Å². The van der Waals surface area contributed by atoms with E-state index in [0.717, 1.165) is 37.9 Å². The minimum absolute atomic E-state index is 0.0370. The maximum absolute atomic E-state index is 12.2. The van der Waals surface area contributed by atoms with Crippen LogP contribution in [0.3, 0.4) is 0 Å². The quantitative estimate of drug-likeness (QED) is 0.759. The Bertz CT molecular complexity index is 715. The summed E-state index contributed by atoms with van der Waals surface area (Å²) in [6, 6.07) is 5.09. The predicted molar refractivity (Wildman–Crippen MR) is 98.2 cm³/mol. The first-order valence-electron chi connectivity index (χ1n) is 9.21. The van der Waals surface area contributed by atoms with Gasteiger partial charge in [0.25, 0.3) is 5.91 Å². The molecule has 7 heteroatoms. The molecule has 2 heterocycles. The van der Waals surface area contributed by atoms with E-state index in [4.69, 9.17) is 4.74 Å². The topological polar surface area (TPSA) is 87.7 Å². The molecule has 140 valence electrons. The zero-order valence-electron chi connectivity index (χ0n) is 15.2. The van der Waals surface area contributed by atoms with Crippen molar-refractivity contribution in [3.05, 3.63) is 23.8 Å². The first kappa shape index (κ1) is 18.2. The monoisotopic (exact) mass is 359 g/mol. The highest BCUT2D eigenvalue weighted by Crippen LogP contribution is 2.37. The minimum atomic E-state index is -0.578. The van der Waals surface area contributed by atoms with Crippen molar-refractivity contribution in [2.75, 3.05) is 23.4 Å². The fourth-order valence-electron chi connectivity index (χ4n) is 3.53. The smallest absolute Gasteiger partial charge is 0.338 e. The molecule has 1 saturated heterocycles. The molecule has 0 aliphatic carbocycles. The highest BCUT2D eigenvalue weighted by atomic mass is 16.5. The van der Waals surface area contributed by atoms with Gasteiger partial charge in [-0.2, -0.15) is 0 Å². The normalized spacial score (nSPS) is 18.2. The largest absolute Gasteiger partial charge is 0.452 e. The molecule has 1 aromatic rings. The Hall–Kier alpha value is -2.57. The second-order valence-corrected chi connectivity index (χ2v) is 6.73. The summed E-state index contributed by atoms with van der Waals surface area (Å²) in [6.45, 7) is 4.51. The fraction of sp³-hybridized carbons (Fsp3) is 0.526. The van der Waals surface area contributed by atoms with Gasteiger partial charge < -0.3 is 20.3 Å². The molecule has 0 bridgehead atoms. The number of nitrogens with one attached hydrogen (secondary N) is 2. The molecular weight excluding hydrogens is 334 g/mol. The van der Waals surface area contributed by atoms with Gasteiger partial charge in [-0.05, 0) is 43.9 Å². The van der Waals surface area contributed by atoms with Crippen LogP contribution in [-0.2, 0) is 14.3 Å². The Morgan fingerprint density at radius 3 is 2.85 bits per heavy atom. The zero-order chi connectivity index (χ0) is 18.7. The Kier molecular flexibility index (Phi) is 5.44. The summed E-state index contributed by atoms with van der Waals surface area (Å²) >= 11 is 0. The lowest BCUT2D eigenvalue weighted by atomic mass is 10.1. The molecule has 3 rings (SSSR count). The van der Waals surface area contributed by atoms with Crippen LogP contribution in [0.4, 0.5) is 11.4 Å². The number of hydrogen-bond acceptors (Lipinski definition) is 5. The molecule has 0 radical (unpaired) electrons. The van der Waals surface area contributed by atoms with E-state index in [2.05, 4.69) is 15.5 Å². The molecule has 0 saturated carbocycles. The summed E-state index contributed by atoms with van der Waals surface area (Å²) in [4.78, 5) is 38.3. The van der Waals surface area contributed by atoms with Crippen molar-refractivity contribution in [2.24, 2.45) is 0 Å². The van der Waals surface area contributed by atoms with Crippen molar-refractivity contribution in [3.63, 3.8) is 0 Å². The van der Waals surface area contributed by atoms with Gasteiger partial charge in [0.1, 0.15) is 6.04 Å². The van der Waals surface area contributed by atoms with Crippen LogP contribution in [0.25, 0.3) is 0 Å². The van der Waals surface area contributed by atoms with E-state index in [1.165, 1.54) is 0 Å². The van der Waals surface area contributed by atoms with Gasteiger partial charge in [0.15, 0.2) is 6.61 Å². The predicted octanol–water partition coefficient (Wildman–Crippen LogP) is 2.07. The number of esters is 1. The second kappa shape index (κ2) is 7.76. The molecule has 2 aliphatic rings. The maximum atomic E-state index is 12.2. The van der Waals surface area contributed by atoms with Crippen LogP contribution in [0.2, 0.25) is 0 Å². The number of ether oxygens (including phenoxy) is 1. The van der Waals surface area contributed by atoms with E-state index in [0.29, 0.717) is 11.3 Å². The van der Waals surface area contributed by atoms with Crippen molar-refractivity contribution in [2.45, 2.75) is 51.6 Å². The lowest BCUT2D eigenvalue weighted by molar-refractivity contribution is -0.125. The van der Waals surface area contributed by atoms with E-state index in [-0.39, 0.29) is 30.5 Å². The minimum Gasteiger partial charge on any atom is -0.452 e. The van der Waals surface area contributed by atoms with Crippen LogP contribution < -0.4 is 15.5 Å². The van der Waals surface area contributed by atoms with Gasteiger partial charge in [-0.25, -0.2) is 4.79 Å². The van der Waals surface area contributed by atoms with Gasteiger partial charge in [0.2, 0.25) is 5.91 Å². The third-order valence-corrected chi connectivity index (χ3v) is 5.04. The van der Waals surface area contributed by atoms with Gasteiger partial charge in [0, 0.05) is 12.6 Å². The van der Waals surface area contributed by atoms with Crippen LogP contribution in [0.5, 0.6) is 0 Å². The van der Waals surface area contributed by atoms with Gasteiger partial charge in [-0.15, -0.1) is 0 Å². The van der Waals surface area contributed by atoms with Gasteiger partial charge in [0.05, 0.1) is 16.9 Å². The first-order valence-corrected chi connectivity index (χ1v) is 9.21. The third kappa shape index (κ3) is 3.66. The summed E-state index contributed by atoms with van der Waals surface area (Å²) in [5, 5.41) is 5.69. The van der Waals surface area contributed by atoms with E-state index >= 15 is 0 Å². The molecule has 0 unspecified atom stereocenters. The standard InChI is InChI=1S/C19H25N3O4/c1-3-13(4-2)20-17(23)11-26-19(25)12-7-8-15-14(10-12)21-18(24)16-6-5-9-22(15)16/h7-8,10,13,16H,3-6,9,11H2,1-2H3,(H,20,23)(H,21,24)/t16-/m0/s1. The Balaban J connectivity index is 1.63. The molecule has 1 atom stereocenters.